The van der Waals surface area contributed by atoms with Crippen molar-refractivity contribution in [2.24, 2.45) is 5.10 Å². The van der Waals surface area contributed by atoms with Crippen molar-refractivity contribution >= 4 is 23.0 Å². The molecule has 0 aromatic carbocycles. The first-order valence-corrected chi connectivity index (χ1v) is 5.15. The molecule has 1 aromatic heterocycles. The molecule has 0 bridgehead atoms. The Balaban J connectivity index is 0.00000225. The van der Waals surface area contributed by atoms with Crippen LogP contribution in [0.3, 0.4) is 0 Å². The maximum atomic E-state index is 4.16. The number of nitrogens with zero attached hydrogens (tertiary/aromatic N) is 3. The van der Waals surface area contributed by atoms with Gasteiger partial charge in [-0.25, -0.2) is 0 Å². The Labute approximate surface area is 111 Å². The first kappa shape index (κ1) is 15.2. The third kappa shape index (κ3) is 5.32. The van der Waals surface area contributed by atoms with Gasteiger partial charge in [-0.15, -0.1) is 0 Å². The largest absolute Gasteiger partial charge is 2.00 e. The summed E-state index contributed by atoms with van der Waals surface area (Å²) >= 11 is 4.11. The molecule has 0 saturated carbocycles. The summed E-state index contributed by atoms with van der Waals surface area (Å²) < 4.78 is 0. The SMILES string of the molecule is CCNC(=[SH+])[N-]N=C(C)c1ccccn1.[Cu+2]. The zero-order chi connectivity index (χ0) is 11.1. The molecule has 0 saturated heterocycles. The van der Waals surface area contributed by atoms with E-state index in [9.17, 15) is 0 Å². The van der Waals surface area contributed by atoms with Gasteiger partial charge in [-0.05, 0) is 25.6 Å². The summed E-state index contributed by atoms with van der Waals surface area (Å²) in [5, 5.41) is 7.46. The van der Waals surface area contributed by atoms with Crippen molar-refractivity contribution in [1.82, 2.24) is 10.3 Å². The minimum absolute atomic E-state index is 0. The molecule has 16 heavy (non-hydrogen) atoms. The molecule has 0 fully saturated rings. The van der Waals surface area contributed by atoms with Crippen LogP contribution in [0, 0.1) is 0 Å². The Hall–Kier alpha value is -0.811. The van der Waals surface area contributed by atoms with Crippen molar-refractivity contribution in [2.45, 2.75) is 13.8 Å². The van der Waals surface area contributed by atoms with Crippen molar-refractivity contribution in [2.75, 3.05) is 6.54 Å². The maximum absolute atomic E-state index is 4.16. The normalized spacial score (nSPS) is 10.5. The minimum atomic E-state index is 0. The number of hydrogen-bond donors (Lipinski definition) is 1. The second kappa shape index (κ2) is 8.35. The fourth-order valence-electron chi connectivity index (χ4n) is 0.944. The summed E-state index contributed by atoms with van der Waals surface area (Å²) in [6.45, 7) is 4.61. The van der Waals surface area contributed by atoms with Gasteiger partial charge in [0.05, 0.1) is 5.69 Å². The van der Waals surface area contributed by atoms with E-state index in [1.54, 1.807) is 6.20 Å². The van der Waals surface area contributed by atoms with Gasteiger partial charge < -0.3 is 10.5 Å². The quantitative estimate of drug-likeness (QED) is 0.226. The van der Waals surface area contributed by atoms with E-state index in [4.69, 9.17) is 0 Å². The van der Waals surface area contributed by atoms with Crippen LogP contribution in [0.5, 0.6) is 0 Å². The maximum Gasteiger partial charge on any atom is 2.00 e. The standard InChI is InChI=1S/C10H14N4S.Cu/c1-3-11-10(15)14-13-8(2)9-6-4-5-7-12-9;/h4-7H,3H2,1-2H3,(H2,11,12,14,15);/q;+2. The molecule has 4 nitrogen and oxygen atoms in total. The summed E-state index contributed by atoms with van der Waals surface area (Å²) in [6, 6.07) is 5.67. The van der Waals surface area contributed by atoms with Crippen molar-refractivity contribution in [3.8, 4) is 0 Å². The van der Waals surface area contributed by atoms with E-state index in [0.717, 1.165) is 18.0 Å². The molecule has 89 valence electrons. The molecular formula is C10H14CuN4S+2. The van der Waals surface area contributed by atoms with E-state index in [-0.39, 0.29) is 17.1 Å². The third-order valence-corrected chi connectivity index (χ3v) is 1.91. The topological polar surface area (TPSA) is 51.4 Å². The molecule has 0 aliphatic rings. The molecule has 0 amide bonds. The summed E-state index contributed by atoms with van der Waals surface area (Å²) in [5.41, 5.74) is 5.49. The summed E-state index contributed by atoms with van der Waals surface area (Å²) in [4.78, 5) is 4.16. The van der Waals surface area contributed by atoms with Gasteiger partial charge in [-0.1, -0.05) is 13.0 Å². The van der Waals surface area contributed by atoms with Crippen LogP contribution in [0.1, 0.15) is 19.5 Å². The van der Waals surface area contributed by atoms with Crippen molar-refractivity contribution in [3.63, 3.8) is 0 Å². The molecule has 1 N–H and O–H groups in total. The van der Waals surface area contributed by atoms with Crippen LogP contribution in [-0.4, -0.2) is 22.4 Å². The van der Waals surface area contributed by atoms with E-state index in [0.29, 0.717) is 5.11 Å². The van der Waals surface area contributed by atoms with Gasteiger partial charge in [0, 0.05) is 11.9 Å². The van der Waals surface area contributed by atoms with E-state index in [1.807, 2.05) is 32.0 Å². The fourth-order valence-corrected chi connectivity index (χ4v) is 1.15. The van der Waals surface area contributed by atoms with Crippen molar-refractivity contribution in [1.29, 1.82) is 0 Å². The number of rotatable bonds is 3. The van der Waals surface area contributed by atoms with Gasteiger partial charge in [-0.3, -0.25) is 10.3 Å². The molecule has 0 atom stereocenters. The second-order valence-corrected chi connectivity index (χ2v) is 3.28. The number of pyridine rings is 1. The van der Waals surface area contributed by atoms with Crippen LogP contribution in [0.4, 0.5) is 0 Å². The number of aromatic nitrogens is 1. The molecule has 1 radical (unpaired) electrons. The summed E-state index contributed by atoms with van der Waals surface area (Å²) in [7, 11) is 0. The Bertz CT molecular complexity index is 353. The number of thiol groups is 1. The second-order valence-electron chi connectivity index (χ2n) is 2.85. The molecule has 1 aromatic rings. The van der Waals surface area contributed by atoms with Gasteiger partial charge in [0.2, 0.25) is 0 Å². The number of nitrogens with one attached hydrogen (secondary N) is 1. The Morgan fingerprint density at radius 2 is 2.31 bits per heavy atom. The van der Waals surface area contributed by atoms with Gasteiger partial charge in [0.25, 0.3) is 0 Å². The fraction of sp³-hybridized carbons (Fsp3) is 0.300. The van der Waals surface area contributed by atoms with E-state index in [2.05, 4.69) is 33.0 Å². The summed E-state index contributed by atoms with van der Waals surface area (Å²) in [6.07, 6.45) is 1.73. The van der Waals surface area contributed by atoms with E-state index < -0.39 is 0 Å². The first-order valence-electron chi connectivity index (χ1n) is 4.70. The van der Waals surface area contributed by atoms with Gasteiger partial charge in [-0.2, -0.15) is 0 Å². The monoisotopic (exact) mass is 285 g/mol. The Kier molecular flexibility index (Phi) is 7.93. The van der Waals surface area contributed by atoms with Gasteiger partial charge in [0.15, 0.2) is 17.3 Å². The first-order chi connectivity index (χ1) is 7.24. The Morgan fingerprint density at radius 1 is 1.56 bits per heavy atom. The average molecular weight is 286 g/mol. The van der Waals surface area contributed by atoms with Crippen molar-refractivity contribution < 1.29 is 17.1 Å². The zero-order valence-electron chi connectivity index (χ0n) is 9.11. The molecule has 1 heterocycles. The van der Waals surface area contributed by atoms with Crippen molar-refractivity contribution in [3.05, 3.63) is 35.5 Å². The summed E-state index contributed by atoms with van der Waals surface area (Å²) in [5.74, 6) is 0. The molecule has 0 spiro atoms. The molecule has 0 aliphatic carbocycles. The van der Waals surface area contributed by atoms with Crippen LogP contribution in [0.15, 0.2) is 29.5 Å². The molecule has 0 aliphatic heterocycles. The molecule has 6 heteroatoms. The predicted molar refractivity (Wildman–Crippen MR) is 67.3 cm³/mol. The average Bonchev–Trinajstić information content (AvgIpc) is 2.27. The van der Waals surface area contributed by atoms with Crippen LogP contribution < -0.4 is 5.32 Å². The molecular weight excluding hydrogens is 272 g/mol. The van der Waals surface area contributed by atoms with Crippen LogP contribution in [0.25, 0.3) is 5.43 Å². The van der Waals surface area contributed by atoms with Gasteiger partial charge in [0.1, 0.15) is 0 Å². The number of hydrogen-bond acceptors (Lipinski definition) is 2. The smallest absolute Gasteiger partial charge is 0.515 e. The van der Waals surface area contributed by atoms with E-state index >= 15 is 0 Å². The Morgan fingerprint density at radius 3 is 2.88 bits per heavy atom. The minimum Gasteiger partial charge on any atom is -0.515 e. The zero-order valence-corrected chi connectivity index (χ0v) is 10.9. The molecule has 0 unspecified atom stereocenters. The molecule has 1 rings (SSSR count). The van der Waals surface area contributed by atoms with E-state index in [1.165, 1.54) is 0 Å². The van der Waals surface area contributed by atoms with Crippen LogP contribution in [-0.2, 0) is 29.3 Å². The van der Waals surface area contributed by atoms with Crippen LogP contribution in [0.2, 0.25) is 0 Å². The third-order valence-electron chi connectivity index (χ3n) is 1.67. The van der Waals surface area contributed by atoms with Crippen LogP contribution >= 0.6 is 0 Å². The predicted octanol–water partition coefficient (Wildman–Crippen LogP) is 1.15. The van der Waals surface area contributed by atoms with Gasteiger partial charge >= 0.3 is 17.1 Å².